The SMILES string of the molecule is Cc1noc2ccc(-c3ccc(F)cc3)[n+]([O-])c12. The van der Waals surface area contributed by atoms with Gasteiger partial charge in [0.25, 0.3) is 5.52 Å². The lowest BCUT2D eigenvalue weighted by Crippen LogP contribution is -2.30. The highest BCUT2D eigenvalue weighted by Crippen LogP contribution is 2.21. The Morgan fingerprint density at radius 1 is 1.17 bits per heavy atom. The zero-order valence-electron chi connectivity index (χ0n) is 9.55. The van der Waals surface area contributed by atoms with E-state index in [2.05, 4.69) is 5.16 Å². The minimum atomic E-state index is -0.335. The van der Waals surface area contributed by atoms with Gasteiger partial charge in [0.2, 0.25) is 11.3 Å². The van der Waals surface area contributed by atoms with Crippen molar-refractivity contribution >= 4 is 11.1 Å². The third kappa shape index (κ3) is 1.52. The number of aromatic nitrogens is 2. The Balaban J connectivity index is 2.26. The lowest BCUT2D eigenvalue weighted by Gasteiger charge is -2.04. The van der Waals surface area contributed by atoms with Crippen molar-refractivity contribution < 1.29 is 13.6 Å². The fourth-order valence-electron chi connectivity index (χ4n) is 1.92. The summed E-state index contributed by atoms with van der Waals surface area (Å²) in [5.74, 6) is -0.335. The molecule has 0 radical (unpaired) electrons. The first-order chi connectivity index (χ1) is 8.66. The van der Waals surface area contributed by atoms with Gasteiger partial charge < -0.3 is 9.73 Å². The van der Waals surface area contributed by atoms with Crippen LogP contribution in [0.3, 0.4) is 0 Å². The van der Waals surface area contributed by atoms with E-state index in [0.717, 1.165) is 4.73 Å². The van der Waals surface area contributed by atoms with Crippen molar-refractivity contribution in [2.75, 3.05) is 0 Å². The first-order valence-corrected chi connectivity index (χ1v) is 5.41. The van der Waals surface area contributed by atoms with E-state index in [0.29, 0.717) is 28.1 Å². The number of benzene rings is 1. The van der Waals surface area contributed by atoms with Gasteiger partial charge in [-0.1, -0.05) is 5.16 Å². The standard InChI is InChI=1S/C13H9FN2O2/c1-8-13-12(18-15-8)7-6-11(16(13)17)9-2-4-10(14)5-3-9/h2-7H,1H3. The van der Waals surface area contributed by atoms with E-state index >= 15 is 0 Å². The van der Waals surface area contributed by atoms with Crippen LogP contribution in [0.2, 0.25) is 0 Å². The largest absolute Gasteiger partial charge is 0.618 e. The molecule has 0 saturated heterocycles. The maximum Gasteiger partial charge on any atom is 0.287 e. The van der Waals surface area contributed by atoms with Gasteiger partial charge in [0.1, 0.15) is 5.82 Å². The zero-order valence-corrected chi connectivity index (χ0v) is 9.55. The normalized spacial score (nSPS) is 11.0. The van der Waals surface area contributed by atoms with Gasteiger partial charge in [0.05, 0.1) is 0 Å². The summed E-state index contributed by atoms with van der Waals surface area (Å²) in [6.07, 6.45) is 0. The predicted molar refractivity (Wildman–Crippen MR) is 63.1 cm³/mol. The molecule has 2 aromatic heterocycles. The molecule has 0 fully saturated rings. The van der Waals surface area contributed by atoms with Crippen LogP contribution >= 0.6 is 0 Å². The van der Waals surface area contributed by atoms with Crippen molar-refractivity contribution in [3.63, 3.8) is 0 Å². The summed E-state index contributed by atoms with van der Waals surface area (Å²) in [4.78, 5) is 0. The first kappa shape index (κ1) is 10.7. The molecule has 0 bridgehead atoms. The van der Waals surface area contributed by atoms with Crippen molar-refractivity contribution in [3.8, 4) is 11.3 Å². The Kier molecular flexibility index (Phi) is 2.26. The third-order valence-electron chi connectivity index (χ3n) is 2.81. The molecule has 4 nitrogen and oxygen atoms in total. The Morgan fingerprint density at radius 2 is 1.89 bits per heavy atom. The molecular formula is C13H9FN2O2. The van der Waals surface area contributed by atoms with Gasteiger partial charge in [-0.2, -0.15) is 4.73 Å². The van der Waals surface area contributed by atoms with E-state index in [1.165, 1.54) is 12.1 Å². The molecule has 1 aromatic carbocycles. The number of hydrogen-bond acceptors (Lipinski definition) is 3. The smallest absolute Gasteiger partial charge is 0.287 e. The molecule has 0 aliphatic carbocycles. The molecule has 90 valence electrons. The molecule has 18 heavy (non-hydrogen) atoms. The molecule has 5 heteroatoms. The van der Waals surface area contributed by atoms with E-state index < -0.39 is 0 Å². The summed E-state index contributed by atoms with van der Waals surface area (Å²) in [7, 11) is 0. The molecule has 3 aromatic rings. The number of pyridine rings is 1. The van der Waals surface area contributed by atoms with Gasteiger partial charge >= 0.3 is 0 Å². The monoisotopic (exact) mass is 244 g/mol. The summed E-state index contributed by atoms with van der Waals surface area (Å²) in [6.45, 7) is 1.70. The van der Waals surface area contributed by atoms with E-state index in [4.69, 9.17) is 4.52 Å². The lowest BCUT2D eigenvalue weighted by atomic mass is 10.1. The maximum absolute atomic E-state index is 12.9. The molecule has 3 rings (SSSR count). The van der Waals surface area contributed by atoms with Gasteiger partial charge in [-0.3, -0.25) is 0 Å². The van der Waals surface area contributed by atoms with Crippen LogP contribution in [-0.2, 0) is 0 Å². The fourth-order valence-corrected chi connectivity index (χ4v) is 1.92. The highest BCUT2D eigenvalue weighted by molar-refractivity contribution is 5.73. The molecule has 0 N–H and O–H groups in total. The maximum atomic E-state index is 12.9. The summed E-state index contributed by atoms with van der Waals surface area (Å²) in [6, 6.07) is 9.08. The first-order valence-electron chi connectivity index (χ1n) is 5.41. The van der Waals surface area contributed by atoms with Crippen LogP contribution in [0.1, 0.15) is 5.69 Å². The van der Waals surface area contributed by atoms with Crippen molar-refractivity contribution in [2.24, 2.45) is 0 Å². The van der Waals surface area contributed by atoms with Crippen molar-refractivity contribution in [1.82, 2.24) is 5.16 Å². The van der Waals surface area contributed by atoms with E-state index in [1.807, 2.05) is 0 Å². The van der Waals surface area contributed by atoms with Gasteiger partial charge in [-0.05, 0) is 37.3 Å². The Morgan fingerprint density at radius 3 is 2.61 bits per heavy atom. The average molecular weight is 244 g/mol. The van der Waals surface area contributed by atoms with Gasteiger partial charge in [0.15, 0.2) is 5.69 Å². The van der Waals surface area contributed by atoms with Crippen LogP contribution in [0, 0.1) is 17.9 Å². The highest BCUT2D eigenvalue weighted by Gasteiger charge is 2.18. The summed E-state index contributed by atoms with van der Waals surface area (Å²) >= 11 is 0. The number of hydrogen-bond donors (Lipinski definition) is 0. The molecule has 0 unspecified atom stereocenters. The molecule has 2 heterocycles. The quantitative estimate of drug-likeness (QED) is 0.488. The van der Waals surface area contributed by atoms with Crippen molar-refractivity contribution in [3.05, 3.63) is 53.1 Å². The van der Waals surface area contributed by atoms with E-state index in [1.54, 1.807) is 31.2 Å². The van der Waals surface area contributed by atoms with Crippen LogP contribution in [0.15, 0.2) is 40.9 Å². The number of rotatable bonds is 1. The van der Waals surface area contributed by atoms with Gasteiger partial charge in [0, 0.05) is 11.6 Å². The van der Waals surface area contributed by atoms with Crippen molar-refractivity contribution in [1.29, 1.82) is 0 Å². The second-order valence-corrected chi connectivity index (χ2v) is 4.00. The van der Waals surface area contributed by atoms with Crippen LogP contribution in [0.4, 0.5) is 4.39 Å². The Hall–Kier alpha value is -2.43. The summed E-state index contributed by atoms with van der Waals surface area (Å²) in [5, 5.41) is 16.0. The molecule has 0 amide bonds. The molecule has 0 aliphatic heterocycles. The van der Waals surface area contributed by atoms with Gasteiger partial charge in [-0.15, -0.1) is 0 Å². The predicted octanol–water partition coefficient (Wildman–Crippen LogP) is 2.58. The Labute approximate surface area is 102 Å². The second kappa shape index (κ2) is 3.80. The number of halogens is 1. The minimum Gasteiger partial charge on any atom is -0.618 e. The average Bonchev–Trinajstić information content (AvgIpc) is 2.74. The van der Waals surface area contributed by atoms with Crippen LogP contribution in [-0.4, -0.2) is 5.16 Å². The number of fused-ring (bicyclic) bond motifs is 1. The third-order valence-corrected chi connectivity index (χ3v) is 2.81. The van der Waals surface area contributed by atoms with Gasteiger partial charge in [-0.25, -0.2) is 4.39 Å². The molecule has 0 saturated carbocycles. The molecular weight excluding hydrogens is 235 g/mol. The fraction of sp³-hybridized carbons (Fsp3) is 0.0769. The lowest BCUT2D eigenvalue weighted by molar-refractivity contribution is -0.565. The topological polar surface area (TPSA) is 53.0 Å². The van der Waals surface area contributed by atoms with E-state index in [9.17, 15) is 9.60 Å². The van der Waals surface area contributed by atoms with Crippen LogP contribution in [0.5, 0.6) is 0 Å². The Bertz CT molecular complexity index is 720. The van der Waals surface area contributed by atoms with Crippen LogP contribution in [0.25, 0.3) is 22.4 Å². The highest BCUT2D eigenvalue weighted by atomic mass is 19.1. The number of aryl methyl sites for hydroxylation is 1. The number of nitrogens with zero attached hydrogens (tertiary/aromatic N) is 2. The summed E-state index contributed by atoms with van der Waals surface area (Å²) < 4.78 is 18.6. The zero-order chi connectivity index (χ0) is 12.7. The molecule has 0 aliphatic rings. The van der Waals surface area contributed by atoms with E-state index in [-0.39, 0.29) is 5.82 Å². The van der Waals surface area contributed by atoms with Crippen LogP contribution < -0.4 is 4.73 Å². The minimum absolute atomic E-state index is 0.335. The summed E-state index contributed by atoms with van der Waals surface area (Å²) in [5.41, 5.74) is 2.46. The second-order valence-electron chi connectivity index (χ2n) is 4.00. The van der Waals surface area contributed by atoms with Crippen molar-refractivity contribution in [2.45, 2.75) is 6.92 Å². The molecule has 0 spiro atoms. The molecule has 0 atom stereocenters.